The minimum Gasteiger partial charge on any atom is -0.330 e. The van der Waals surface area contributed by atoms with Gasteiger partial charge in [0.25, 0.3) is 0 Å². The molecule has 18 heavy (non-hydrogen) atoms. The highest BCUT2D eigenvalue weighted by atomic mass is 15.2. The minimum absolute atomic E-state index is 0.544. The van der Waals surface area contributed by atoms with Crippen LogP contribution in [0.15, 0.2) is 42.6 Å². The lowest BCUT2D eigenvalue weighted by atomic mass is 9.94. The van der Waals surface area contributed by atoms with Crippen LogP contribution < -0.4 is 5.73 Å². The third kappa shape index (κ3) is 3.44. The van der Waals surface area contributed by atoms with Gasteiger partial charge in [-0.15, -0.1) is 0 Å². The van der Waals surface area contributed by atoms with Crippen LogP contribution in [0.1, 0.15) is 17.7 Å². The predicted molar refractivity (Wildman–Crippen MR) is 74.2 cm³/mol. The lowest BCUT2D eigenvalue weighted by Gasteiger charge is -2.14. The van der Waals surface area contributed by atoms with Gasteiger partial charge in [-0.1, -0.05) is 30.3 Å². The molecule has 0 fully saturated rings. The van der Waals surface area contributed by atoms with Crippen LogP contribution in [0.25, 0.3) is 0 Å². The Balaban J connectivity index is 1.88. The average Bonchev–Trinajstić information content (AvgIpc) is 2.81. The molecule has 3 heteroatoms. The number of aromatic nitrogens is 2. The fourth-order valence-corrected chi connectivity index (χ4v) is 2.25. The Morgan fingerprint density at radius 2 is 2.00 bits per heavy atom. The Hall–Kier alpha value is -1.61. The van der Waals surface area contributed by atoms with Gasteiger partial charge in [0.2, 0.25) is 0 Å². The van der Waals surface area contributed by atoms with Crippen molar-refractivity contribution in [3.05, 3.63) is 53.9 Å². The van der Waals surface area contributed by atoms with Crippen molar-refractivity contribution in [1.29, 1.82) is 0 Å². The van der Waals surface area contributed by atoms with Crippen LogP contribution in [0, 0.1) is 5.92 Å². The van der Waals surface area contributed by atoms with Gasteiger partial charge in [0.05, 0.1) is 0 Å². The molecule has 0 aliphatic rings. The number of hydrogen-bond donors (Lipinski definition) is 1. The van der Waals surface area contributed by atoms with Crippen molar-refractivity contribution in [2.75, 3.05) is 6.54 Å². The first-order valence-electron chi connectivity index (χ1n) is 6.50. The molecule has 0 amide bonds. The molecule has 1 atom stereocenters. The van der Waals surface area contributed by atoms with E-state index in [1.165, 1.54) is 11.3 Å². The van der Waals surface area contributed by atoms with Crippen molar-refractivity contribution >= 4 is 0 Å². The molecule has 1 unspecified atom stereocenters. The summed E-state index contributed by atoms with van der Waals surface area (Å²) < 4.78 is 1.94. The second kappa shape index (κ2) is 6.36. The number of aryl methyl sites for hydroxylation is 2. The maximum Gasteiger partial charge on any atom is 0.0492 e. The molecule has 0 saturated carbocycles. The molecular formula is C15H21N3. The van der Waals surface area contributed by atoms with Gasteiger partial charge in [-0.3, -0.25) is 4.68 Å². The molecule has 2 N–H and O–H groups in total. The Kier molecular flexibility index (Phi) is 4.53. The third-order valence-corrected chi connectivity index (χ3v) is 3.43. The highest BCUT2D eigenvalue weighted by molar-refractivity contribution is 5.15. The van der Waals surface area contributed by atoms with Gasteiger partial charge in [-0.2, -0.15) is 5.10 Å². The summed E-state index contributed by atoms with van der Waals surface area (Å²) in [6.45, 7) is 0.743. The van der Waals surface area contributed by atoms with Crippen LogP contribution >= 0.6 is 0 Å². The second-order valence-corrected chi connectivity index (χ2v) is 4.78. The second-order valence-electron chi connectivity index (χ2n) is 4.78. The topological polar surface area (TPSA) is 43.8 Å². The molecule has 0 spiro atoms. The highest BCUT2D eigenvalue weighted by Crippen LogP contribution is 2.14. The van der Waals surface area contributed by atoms with Gasteiger partial charge in [0.15, 0.2) is 0 Å². The van der Waals surface area contributed by atoms with E-state index in [2.05, 4.69) is 41.5 Å². The minimum atomic E-state index is 0.544. The molecule has 2 aromatic rings. The molecule has 1 aromatic heterocycles. The van der Waals surface area contributed by atoms with Crippen molar-refractivity contribution in [3.8, 4) is 0 Å². The summed E-state index contributed by atoms with van der Waals surface area (Å²) in [5.41, 5.74) is 8.53. The number of rotatable bonds is 6. The van der Waals surface area contributed by atoms with E-state index in [-0.39, 0.29) is 0 Å². The lowest BCUT2D eigenvalue weighted by molar-refractivity contribution is 0.485. The van der Waals surface area contributed by atoms with E-state index in [0.29, 0.717) is 5.92 Å². The van der Waals surface area contributed by atoms with Crippen LogP contribution in [-0.2, 0) is 19.9 Å². The quantitative estimate of drug-likeness (QED) is 0.845. The van der Waals surface area contributed by atoms with Gasteiger partial charge < -0.3 is 5.73 Å². The summed E-state index contributed by atoms with van der Waals surface area (Å²) in [6, 6.07) is 12.7. The Morgan fingerprint density at radius 1 is 1.22 bits per heavy atom. The van der Waals surface area contributed by atoms with Crippen molar-refractivity contribution in [2.45, 2.75) is 19.3 Å². The fraction of sp³-hybridized carbons (Fsp3) is 0.400. The SMILES string of the molecule is Cn1nccc1CCC(CN)Cc1ccccc1. The number of benzene rings is 1. The summed E-state index contributed by atoms with van der Waals surface area (Å²) in [5.74, 6) is 0.544. The molecular weight excluding hydrogens is 222 g/mol. The number of hydrogen-bond acceptors (Lipinski definition) is 2. The van der Waals surface area contributed by atoms with E-state index in [0.717, 1.165) is 25.8 Å². The number of nitrogens with zero attached hydrogens (tertiary/aromatic N) is 2. The van der Waals surface area contributed by atoms with Crippen LogP contribution in [0.3, 0.4) is 0 Å². The average molecular weight is 243 g/mol. The van der Waals surface area contributed by atoms with Gasteiger partial charge in [-0.05, 0) is 43.4 Å². The molecule has 96 valence electrons. The summed E-state index contributed by atoms with van der Waals surface area (Å²) in [4.78, 5) is 0. The van der Waals surface area contributed by atoms with Crippen LogP contribution in [0.5, 0.6) is 0 Å². The van der Waals surface area contributed by atoms with Crippen LogP contribution in [0.2, 0.25) is 0 Å². The molecule has 0 aliphatic carbocycles. The smallest absolute Gasteiger partial charge is 0.0492 e. The molecule has 2 rings (SSSR count). The van der Waals surface area contributed by atoms with Crippen LogP contribution in [-0.4, -0.2) is 16.3 Å². The largest absolute Gasteiger partial charge is 0.330 e. The molecule has 0 saturated heterocycles. The van der Waals surface area contributed by atoms with Crippen molar-refractivity contribution in [2.24, 2.45) is 18.7 Å². The zero-order valence-electron chi connectivity index (χ0n) is 10.9. The molecule has 0 bridgehead atoms. The summed E-state index contributed by atoms with van der Waals surface area (Å²) >= 11 is 0. The summed E-state index contributed by atoms with van der Waals surface area (Å²) in [5, 5.41) is 4.19. The van der Waals surface area contributed by atoms with E-state index in [4.69, 9.17) is 5.73 Å². The monoisotopic (exact) mass is 243 g/mol. The standard InChI is InChI=1S/C15H21N3/c1-18-15(9-10-17-18)8-7-14(12-16)11-13-5-3-2-4-6-13/h2-6,9-10,14H,7-8,11-12,16H2,1H3. The predicted octanol–water partition coefficient (Wildman–Crippen LogP) is 2.17. The van der Waals surface area contributed by atoms with E-state index in [9.17, 15) is 0 Å². The Bertz CT molecular complexity index is 462. The summed E-state index contributed by atoms with van der Waals surface area (Å²) in [7, 11) is 1.99. The fourth-order valence-electron chi connectivity index (χ4n) is 2.25. The maximum atomic E-state index is 5.88. The molecule has 1 aromatic carbocycles. The maximum absolute atomic E-state index is 5.88. The third-order valence-electron chi connectivity index (χ3n) is 3.43. The number of nitrogens with two attached hydrogens (primary N) is 1. The normalized spacial score (nSPS) is 12.6. The molecule has 1 heterocycles. The zero-order valence-corrected chi connectivity index (χ0v) is 10.9. The van der Waals surface area contributed by atoms with Crippen molar-refractivity contribution in [3.63, 3.8) is 0 Å². The highest BCUT2D eigenvalue weighted by Gasteiger charge is 2.09. The first-order valence-corrected chi connectivity index (χ1v) is 6.50. The van der Waals surface area contributed by atoms with Crippen molar-refractivity contribution in [1.82, 2.24) is 9.78 Å². The van der Waals surface area contributed by atoms with Crippen molar-refractivity contribution < 1.29 is 0 Å². The lowest BCUT2D eigenvalue weighted by Crippen LogP contribution is -2.18. The first kappa shape index (κ1) is 12.8. The first-order chi connectivity index (χ1) is 8.79. The molecule has 3 nitrogen and oxygen atoms in total. The zero-order chi connectivity index (χ0) is 12.8. The van der Waals surface area contributed by atoms with E-state index >= 15 is 0 Å². The van der Waals surface area contributed by atoms with E-state index in [1.807, 2.05) is 17.9 Å². The molecule has 0 radical (unpaired) electrons. The van der Waals surface area contributed by atoms with E-state index < -0.39 is 0 Å². The van der Waals surface area contributed by atoms with Gasteiger partial charge in [0, 0.05) is 18.9 Å². The summed E-state index contributed by atoms with van der Waals surface area (Å²) in [6.07, 6.45) is 5.08. The van der Waals surface area contributed by atoms with Gasteiger partial charge in [0.1, 0.15) is 0 Å². The molecule has 0 aliphatic heterocycles. The Labute approximate surface area is 109 Å². The Morgan fingerprint density at radius 3 is 2.61 bits per heavy atom. The van der Waals surface area contributed by atoms with Gasteiger partial charge in [-0.25, -0.2) is 0 Å². The van der Waals surface area contributed by atoms with E-state index in [1.54, 1.807) is 0 Å². The van der Waals surface area contributed by atoms with Gasteiger partial charge >= 0.3 is 0 Å². The van der Waals surface area contributed by atoms with Crippen LogP contribution in [0.4, 0.5) is 0 Å².